The number of unbranched alkanes of at least 4 members (excludes halogenated alkanes) is 3. The van der Waals surface area contributed by atoms with E-state index in [-0.39, 0.29) is 5.78 Å². The van der Waals surface area contributed by atoms with Gasteiger partial charge in [-0.15, -0.1) is 0 Å². The summed E-state index contributed by atoms with van der Waals surface area (Å²) in [5, 5.41) is 0. The van der Waals surface area contributed by atoms with E-state index in [1.165, 1.54) is 19.3 Å². The number of hydrogen-bond acceptors (Lipinski definition) is 2. The lowest BCUT2D eigenvalue weighted by Gasteiger charge is -2.46. The molecule has 0 saturated carbocycles. The van der Waals surface area contributed by atoms with Crippen molar-refractivity contribution in [3.05, 3.63) is 177 Å². The summed E-state index contributed by atoms with van der Waals surface area (Å²) in [7, 11) is 0. The highest BCUT2D eigenvalue weighted by Crippen LogP contribution is 2.41. The molecule has 1 heterocycles. The molecule has 422 valence electrons. The van der Waals surface area contributed by atoms with E-state index in [2.05, 4.69) is 11.9 Å². The van der Waals surface area contributed by atoms with Crippen molar-refractivity contribution in [2.75, 3.05) is 0 Å². The molecular weight excluding hydrogens is 1110 g/mol. The first-order valence-electron chi connectivity index (χ1n) is 22.3. The molecule has 5 aromatic carbocycles. The van der Waals surface area contributed by atoms with Gasteiger partial charge in [0.05, 0.1) is 56.9 Å². The van der Waals surface area contributed by atoms with E-state index >= 15 is 0 Å². The van der Waals surface area contributed by atoms with Crippen LogP contribution in [0.4, 0.5) is 105 Å². The first-order valence-corrected chi connectivity index (χ1v) is 22.3. The fourth-order valence-corrected chi connectivity index (χ4v) is 8.45. The van der Waals surface area contributed by atoms with Crippen LogP contribution in [0.25, 0.3) is 0 Å². The van der Waals surface area contributed by atoms with Crippen molar-refractivity contribution in [1.29, 1.82) is 0 Å². The Balaban J connectivity index is 0.000000443. The first kappa shape index (κ1) is 62.1. The predicted molar refractivity (Wildman–Crippen MR) is 233 cm³/mol. The summed E-state index contributed by atoms with van der Waals surface area (Å²) >= 11 is 0. The van der Waals surface area contributed by atoms with Gasteiger partial charge >= 0.3 is 49.4 Å². The van der Waals surface area contributed by atoms with Gasteiger partial charge < -0.3 is 0 Å². The number of hydrogen-bond donors (Lipinski definition) is 0. The SMILES string of the molecule is CCCCCCc1cncc[n+]1CC(=O)c1ccccc1.FC(F)(F)c1cc([B-](c2cc(C(F)(F)F)cc(C(F)(F)F)c2)(c2cc(C(F)(F)F)cc(C(F)(F)F)c2)c2cc(C(F)(F)F)cc(C(F)(F)F)c2)cc(C(F)(F)F)c1. The van der Waals surface area contributed by atoms with Crippen molar-refractivity contribution in [3.8, 4) is 0 Å². The zero-order valence-corrected chi connectivity index (χ0v) is 39.2. The summed E-state index contributed by atoms with van der Waals surface area (Å²) < 4.78 is 343. The zero-order chi connectivity index (χ0) is 58.8. The van der Waals surface area contributed by atoms with E-state index < -0.39 is 195 Å². The van der Waals surface area contributed by atoms with Gasteiger partial charge in [-0.1, -0.05) is 105 Å². The number of aromatic nitrogens is 2. The Morgan fingerprint density at radius 2 is 0.718 bits per heavy atom. The molecule has 78 heavy (non-hydrogen) atoms. The lowest BCUT2D eigenvalue weighted by atomic mass is 9.12. The summed E-state index contributed by atoms with van der Waals surface area (Å²) in [6, 6.07) is 0.646. The highest BCUT2D eigenvalue weighted by atomic mass is 19.4. The molecule has 6 rings (SSSR count). The van der Waals surface area contributed by atoms with Gasteiger partial charge in [-0.2, -0.15) is 132 Å². The number of carbonyl (C=O) groups excluding carboxylic acids is 1. The second-order valence-corrected chi connectivity index (χ2v) is 17.5. The Hall–Kier alpha value is -6.77. The van der Waals surface area contributed by atoms with Crippen LogP contribution in [0.2, 0.25) is 0 Å². The highest BCUT2D eigenvalue weighted by Gasteiger charge is 2.47. The van der Waals surface area contributed by atoms with Gasteiger partial charge in [0.2, 0.25) is 12.3 Å². The fraction of sp³-hybridized carbons (Fsp3) is 0.300. The summed E-state index contributed by atoms with van der Waals surface area (Å²) in [6.45, 7) is 2.60. The third kappa shape index (κ3) is 15.1. The van der Waals surface area contributed by atoms with Gasteiger partial charge in [-0.05, 0) is 30.7 Å². The van der Waals surface area contributed by atoms with Gasteiger partial charge in [0.15, 0.2) is 11.9 Å². The Bertz CT molecular complexity index is 2620. The largest absolute Gasteiger partial charge is 0.416 e. The third-order valence-corrected chi connectivity index (χ3v) is 12.1. The highest BCUT2D eigenvalue weighted by molar-refractivity contribution is 7.20. The predicted octanol–water partition coefficient (Wildman–Crippen LogP) is 14.6. The number of carbonyl (C=O) groups is 1. The molecule has 0 unspecified atom stereocenters. The molecular formula is C50H35BF24N2O. The number of nitrogens with zero attached hydrogens (tertiary/aromatic N) is 2. The summed E-state index contributed by atoms with van der Waals surface area (Å²) in [5.74, 6) is 0.140. The second-order valence-electron chi connectivity index (χ2n) is 17.5. The molecule has 0 saturated heterocycles. The van der Waals surface area contributed by atoms with Crippen LogP contribution < -0.4 is 26.4 Å². The minimum Gasteiger partial charge on any atom is -0.287 e. The van der Waals surface area contributed by atoms with Gasteiger partial charge in [-0.25, -0.2) is 0 Å². The van der Waals surface area contributed by atoms with Crippen molar-refractivity contribution in [2.45, 2.75) is 95.0 Å². The fourth-order valence-electron chi connectivity index (χ4n) is 8.45. The molecule has 1 aromatic heterocycles. The number of Topliss-reactive ketones (excluding diaryl/α,β-unsaturated/α-hetero) is 1. The molecule has 0 bridgehead atoms. The minimum absolute atomic E-state index is 0.140. The molecule has 0 aliphatic carbocycles. The maximum atomic E-state index is 14.2. The van der Waals surface area contributed by atoms with E-state index in [4.69, 9.17) is 0 Å². The van der Waals surface area contributed by atoms with E-state index in [1.54, 1.807) is 6.20 Å². The number of benzene rings is 5. The molecule has 0 N–H and O–H groups in total. The van der Waals surface area contributed by atoms with Crippen molar-refractivity contribution in [2.24, 2.45) is 0 Å². The van der Waals surface area contributed by atoms with Crippen LogP contribution in [0, 0.1) is 0 Å². The number of alkyl halides is 24. The molecule has 28 heteroatoms. The molecule has 0 radical (unpaired) electrons. The maximum absolute atomic E-state index is 14.2. The Morgan fingerprint density at radius 1 is 0.423 bits per heavy atom. The summed E-state index contributed by atoms with van der Waals surface area (Å²) in [6.07, 6.45) is -43.4. The molecule has 6 aromatic rings. The van der Waals surface area contributed by atoms with Crippen LogP contribution in [0.3, 0.4) is 0 Å². The van der Waals surface area contributed by atoms with Gasteiger partial charge in [-0.3, -0.25) is 9.78 Å². The number of ketones is 1. The monoisotopic (exact) mass is 1150 g/mol. The van der Waals surface area contributed by atoms with E-state index in [0.717, 1.165) is 24.1 Å². The van der Waals surface area contributed by atoms with E-state index in [9.17, 15) is 110 Å². The van der Waals surface area contributed by atoms with Crippen LogP contribution in [-0.4, -0.2) is 16.9 Å². The summed E-state index contributed by atoms with van der Waals surface area (Å²) in [4.78, 5) is 16.5. The maximum Gasteiger partial charge on any atom is 0.416 e. The van der Waals surface area contributed by atoms with Crippen LogP contribution in [0.15, 0.2) is 122 Å². The first-order chi connectivity index (χ1) is 35.6. The quantitative estimate of drug-likeness (QED) is 0.0402. The Kier molecular flexibility index (Phi) is 17.9. The van der Waals surface area contributed by atoms with Crippen LogP contribution >= 0.6 is 0 Å². The van der Waals surface area contributed by atoms with Gasteiger partial charge in [0, 0.05) is 12.0 Å². The molecule has 3 nitrogen and oxygen atoms in total. The van der Waals surface area contributed by atoms with E-state index in [1.807, 2.05) is 47.3 Å². The molecule has 0 aliphatic rings. The van der Waals surface area contributed by atoms with Crippen molar-refractivity contribution < 1.29 is 115 Å². The average Bonchev–Trinajstić information content (AvgIpc) is 3.31. The Morgan fingerprint density at radius 3 is 0.987 bits per heavy atom. The normalized spacial score (nSPS) is 13.3. The van der Waals surface area contributed by atoms with Gasteiger partial charge in [0.25, 0.3) is 0 Å². The van der Waals surface area contributed by atoms with Crippen molar-refractivity contribution in [3.63, 3.8) is 0 Å². The van der Waals surface area contributed by atoms with Crippen molar-refractivity contribution in [1.82, 2.24) is 4.98 Å². The standard InChI is InChI=1S/C32H12BF24.C18H23N2O/c34-25(35,36)13-1-14(26(37,38)39)6-21(5-13)33(22-7-15(27(40,41)42)2-16(8-22)28(43,44)45,23-9-17(29(46,47)48)3-18(10-23)30(49,50)51)24-11-19(31(52,53)54)4-20(12-24)32(55,56)57;1-2-3-4-8-11-17-14-19-12-13-20(17)15-18(21)16-9-6-5-7-10-16/h1-12H;5-7,9-10,12-14H,2-4,8,11,15H2,1H3/q-1;+1. The lowest BCUT2D eigenvalue weighted by molar-refractivity contribution is -0.691. The molecule has 0 spiro atoms. The Labute approximate surface area is 425 Å². The average molecular weight is 1150 g/mol. The lowest BCUT2D eigenvalue weighted by Crippen LogP contribution is -2.75. The topological polar surface area (TPSA) is 33.8 Å². The molecule has 0 aliphatic heterocycles. The number of aryl methyl sites for hydroxylation is 1. The van der Waals surface area contributed by atoms with Gasteiger partial charge in [0.1, 0.15) is 6.15 Å². The second kappa shape index (κ2) is 22.5. The summed E-state index contributed by atoms with van der Waals surface area (Å²) in [5.41, 5.74) is -28.3. The third-order valence-electron chi connectivity index (χ3n) is 12.1. The minimum atomic E-state index is -6.13. The van der Waals surface area contributed by atoms with Crippen LogP contribution in [0.5, 0.6) is 0 Å². The molecule has 0 atom stereocenters. The molecule has 0 amide bonds. The van der Waals surface area contributed by atoms with E-state index in [0.29, 0.717) is 6.54 Å². The number of rotatable bonds is 12. The smallest absolute Gasteiger partial charge is 0.287 e. The zero-order valence-electron chi connectivity index (χ0n) is 39.2. The number of halogens is 24. The molecule has 0 fully saturated rings. The van der Waals surface area contributed by atoms with Crippen LogP contribution in [0.1, 0.15) is 93.2 Å². The van der Waals surface area contributed by atoms with Crippen LogP contribution in [-0.2, 0) is 62.4 Å². The van der Waals surface area contributed by atoms with Crippen molar-refractivity contribution >= 4 is 33.8 Å².